The molecule has 0 aliphatic carbocycles. The number of amides is 3. The van der Waals surface area contributed by atoms with Crippen LogP contribution in [0.4, 0.5) is 4.79 Å². The summed E-state index contributed by atoms with van der Waals surface area (Å²) in [7, 11) is 0. The summed E-state index contributed by atoms with van der Waals surface area (Å²) in [6.07, 6.45) is 3.37. The van der Waals surface area contributed by atoms with E-state index in [9.17, 15) is 14.7 Å². The summed E-state index contributed by atoms with van der Waals surface area (Å²) in [5.41, 5.74) is 3.26. The van der Waals surface area contributed by atoms with Crippen molar-refractivity contribution in [3.63, 3.8) is 0 Å². The molecule has 1 aliphatic heterocycles. The number of aliphatic hydroxyl groups excluding tert-OH is 1. The fraction of sp³-hybridized carbons (Fsp3) is 0.143. The quantitative estimate of drug-likeness (QED) is 0.424. The molecule has 3 N–H and O–H groups in total. The molecule has 3 aromatic rings. The molecule has 29 heavy (non-hydrogen) atoms. The number of urea groups is 1. The number of fused-ring (bicyclic) bond motifs is 1. The predicted octanol–water partition coefficient (Wildman–Crippen LogP) is 4.41. The number of rotatable bonds is 4. The number of halogens is 2. The summed E-state index contributed by atoms with van der Waals surface area (Å²) in [5.74, 6) is -0.510. The lowest BCUT2D eigenvalue weighted by atomic mass is 10.1. The van der Waals surface area contributed by atoms with Gasteiger partial charge >= 0.3 is 6.03 Å². The maximum Gasteiger partial charge on any atom is 0.329 e. The first kappa shape index (κ1) is 19.5. The molecule has 1 saturated heterocycles. The minimum absolute atomic E-state index is 0.135. The van der Waals surface area contributed by atoms with E-state index in [0.29, 0.717) is 15.6 Å². The van der Waals surface area contributed by atoms with Crippen LogP contribution in [0.2, 0.25) is 10.0 Å². The van der Waals surface area contributed by atoms with Crippen LogP contribution in [0, 0.1) is 6.92 Å². The van der Waals surface area contributed by atoms with Gasteiger partial charge in [-0.15, -0.1) is 0 Å². The smallest absolute Gasteiger partial charge is 0.329 e. The van der Waals surface area contributed by atoms with Crippen molar-refractivity contribution in [3.05, 3.63) is 75.0 Å². The molecule has 1 fully saturated rings. The Kier molecular flexibility index (Phi) is 5.08. The molecule has 6 nitrogen and oxygen atoms in total. The highest BCUT2D eigenvalue weighted by Crippen LogP contribution is 2.30. The second-order valence-corrected chi connectivity index (χ2v) is 7.60. The van der Waals surface area contributed by atoms with Gasteiger partial charge in [-0.2, -0.15) is 0 Å². The molecule has 0 bridgehead atoms. The standard InChI is InChI=1S/C21H17Cl2N3O3/c1-11-16(23)7-6-15-13(9-24-19(11)15)8-17-20(28)26(21(29)25-17)18(10-27)12-2-4-14(22)5-3-12/h2-9,18,24,27H,10H2,1H3,(H,25,29)/b17-8-. The van der Waals surface area contributed by atoms with Crippen molar-refractivity contribution in [2.45, 2.75) is 13.0 Å². The number of H-pyrrole nitrogens is 1. The number of carbonyl (C=O) groups is 2. The van der Waals surface area contributed by atoms with E-state index in [0.717, 1.165) is 26.9 Å². The number of nitrogens with zero attached hydrogens (tertiary/aromatic N) is 1. The van der Waals surface area contributed by atoms with E-state index in [1.165, 1.54) is 0 Å². The van der Waals surface area contributed by atoms with Crippen LogP contribution in [-0.2, 0) is 4.79 Å². The van der Waals surface area contributed by atoms with Crippen molar-refractivity contribution in [1.82, 2.24) is 15.2 Å². The third-order valence-electron chi connectivity index (χ3n) is 5.03. The number of aliphatic hydroxyl groups is 1. The molecule has 148 valence electrons. The summed E-state index contributed by atoms with van der Waals surface area (Å²) in [6, 6.07) is 8.90. The van der Waals surface area contributed by atoms with Crippen molar-refractivity contribution in [3.8, 4) is 0 Å². The van der Waals surface area contributed by atoms with Gasteiger partial charge in [0.15, 0.2) is 0 Å². The van der Waals surface area contributed by atoms with Crippen molar-refractivity contribution >= 4 is 52.1 Å². The Morgan fingerprint density at radius 3 is 2.55 bits per heavy atom. The minimum Gasteiger partial charge on any atom is -0.394 e. The lowest BCUT2D eigenvalue weighted by Gasteiger charge is -2.23. The van der Waals surface area contributed by atoms with Gasteiger partial charge in [0.05, 0.1) is 18.2 Å². The van der Waals surface area contributed by atoms with Crippen LogP contribution in [0.3, 0.4) is 0 Å². The highest BCUT2D eigenvalue weighted by molar-refractivity contribution is 6.32. The minimum atomic E-state index is -0.810. The Morgan fingerprint density at radius 1 is 1.14 bits per heavy atom. The molecule has 2 heterocycles. The first-order valence-electron chi connectivity index (χ1n) is 8.89. The molecular weight excluding hydrogens is 413 g/mol. The lowest BCUT2D eigenvalue weighted by Crippen LogP contribution is -2.36. The van der Waals surface area contributed by atoms with Crippen LogP contribution in [0.1, 0.15) is 22.7 Å². The molecule has 0 radical (unpaired) electrons. The zero-order valence-electron chi connectivity index (χ0n) is 15.4. The molecule has 4 rings (SSSR count). The molecule has 3 amide bonds. The van der Waals surface area contributed by atoms with Crippen molar-refractivity contribution < 1.29 is 14.7 Å². The number of imide groups is 1. The Hall–Kier alpha value is -2.80. The van der Waals surface area contributed by atoms with Crippen molar-refractivity contribution in [1.29, 1.82) is 0 Å². The fourth-order valence-corrected chi connectivity index (χ4v) is 3.75. The van der Waals surface area contributed by atoms with Crippen LogP contribution in [0.25, 0.3) is 17.0 Å². The van der Waals surface area contributed by atoms with Crippen LogP contribution in [0.15, 0.2) is 48.3 Å². The fourth-order valence-electron chi connectivity index (χ4n) is 3.47. The second-order valence-electron chi connectivity index (χ2n) is 6.75. The van der Waals surface area contributed by atoms with Crippen LogP contribution in [-0.4, -0.2) is 33.5 Å². The maximum absolute atomic E-state index is 12.9. The van der Waals surface area contributed by atoms with Gasteiger partial charge in [0.2, 0.25) is 0 Å². The van der Waals surface area contributed by atoms with E-state index < -0.39 is 24.6 Å². The van der Waals surface area contributed by atoms with Gasteiger partial charge in [-0.3, -0.25) is 4.79 Å². The maximum atomic E-state index is 12.9. The van der Waals surface area contributed by atoms with Crippen LogP contribution < -0.4 is 5.32 Å². The zero-order chi connectivity index (χ0) is 20.7. The van der Waals surface area contributed by atoms with Gasteiger partial charge < -0.3 is 15.4 Å². The third-order valence-corrected chi connectivity index (χ3v) is 5.69. The summed E-state index contributed by atoms with van der Waals surface area (Å²) >= 11 is 12.1. The Bertz CT molecular complexity index is 1150. The number of hydrogen-bond acceptors (Lipinski definition) is 3. The average Bonchev–Trinajstić information content (AvgIpc) is 3.23. The number of hydrogen-bond donors (Lipinski definition) is 3. The molecule has 0 saturated carbocycles. The first-order chi connectivity index (χ1) is 13.9. The van der Waals surface area contributed by atoms with Crippen molar-refractivity contribution in [2.75, 3.05) is 6.61 Å². The summed E-state index contributed by atoms with van der Waals surface area (Å²) in [4.78, 5) is 29.6. The topological polar surface area (TPSA) is 85.4 Å². The van der Waals surface area contributed by atoms with Gasteiger partial charge in [-0.25, -0.2) is 9.69 Å². The summed E-state index contributed by atoms with van der Waals surface area (Å²) < 4.78 is 0. The third kappa shape index (κ3) is 3.40. The Labute approximate surface area is 176 Å². The molecule has 1 aliphatic rings. The number of aromatic amines is 1. The second kappa shape index (κ2) is 7.55. The largest absolute Gasteiger partial charge is 0.394 e. The summed E-state index contributed by atoms with van der Waals surface area (Å²) in [6.45, 7) is 1.50. The molecule has 1 unspecified atom stereocenters. The number of nitrogens with one attached hydrogen (secondary N) is 2. The van der Waals surface area contributed by atoms with E-state index in [1.807, 2.05) is 13.0 Å². The van der Waals surface area contributed by atoms with Gasteiger partial charge in [0.1, 0.15) is 5.70 Å². The zero-order valence-corrected chi connectivity index (χ0v) is 16.9. The van der Waals surface area contributed by atoms with Gasteiger partial charge in [0.25, 0.3) is 5.91 Å². The molecule has 2 aromatic carbocycles. The van der Waals surface area contributed by atoms with Crippen LogP contribution in [0.5, 0.6) is 0 Å². The Morgan fingerprint density at radius 2 is 1.86 bits per heavy atom. The van der Waals surface area contributed by atoms with E-state index >= 15 is 0 Å². The number of benzene rings is 2. The molecule has 1 aromatic heterocycles. The number of aromatic nitrogens is 1. The lowest BCUT2D eigenvalue weighted by molar-refractivity contribution is -0.125. The SMILES string of the molecule is Cc1c(Cl)ccc2c(/C=C3\NC(=O)N(C(CO)c4ccc(Cl)cc4)C3=O)c[nH]c12. The number of aryl methyl sites for hydroxylation is 1. The summed E-state index contributed by atoms with van der Waals surface area (Å²) in [5, 5.41) is 14.5. The van der Waals surface area contributed by atoms with E-state index in [2.05, 4.69) is 10.3 Å². The normalized spacial score (nSPS) is 16.7. The van der Waals surface area contributed by atoms with Gasteiger partial charge in [0, 0.05) is 27.2 Å². The highest BCUT2D eigenvalue weighted by Gasteiger charge is 2.39. The van der Waals surface area contributed by atoms with Crippen molar-refractivity contribution in [2.24, 2.45) is 0 Å². The molecular formula is C21H17Cl2N3O3. The molecule has 1 atom stereocenters. The number of carbonyl (C=O) groups excluding carboxylic acids is 2. The van der Waals surface area contributed by atoms with Gasteiger partial charge in [-0.05, 0) is 42.3 Å². The monoisotopic (exact) mass is 429 g/mol. The Balaban J connectivity index is 1.69. The molecule has 8 heteroatoms. The van der Waals surface area contributed by atoms with Crippen LogP contribution >= 0.6 is 23.2 Å². The molecule has 0 spiro atoms. The average molecular weight is 430 g/mol. The van der Waals surface area contributed by atoms with E-state index in [4.69, 9.17) is 23.2 Å². The first-order valence-corrected chi connectivity index (χ1v) is 9.65. The van der Waals surface area contributed by atoms with Gasteiger partial charge in [-0.1, -0.05) is 41.4 Å². The highest BCUT2D eigenvalue weighted by atomic mass is 35.5. The predicted molar refractivity (Wildman–Crippen MR) is 113 cm³/mol. The van der Waals surface area contributed by atoms with E-state index in [-0.39, 0.29) is 5.70 Å². The van der Waals surface area contributed by atoms with E-state index in [1.54, 1.807) is 42.6 Å².